The molecule has 1 rings (SSSR count). The lowest BCUT2D eigenvalue weighted by Crippen LogP contribution is -2.25. The van der Waals surface area contributed by atoms with Crippen LogP contribution in [0.5, 0.6) is 0 Å². The van der Waals surface area contributed by atoms with Gasteiger partial charge in [0.1, 0.15) is 0 Å². The van der Waals surface area contributed by atoms with Crippen LogP contribution in [0.25, 0.3) is 0 Å². The minimum absolute atomic E-state index is 0.0708. The molecule has 0 heterocycles. The third-order valence-electron chi connectivity index (χ3n) is 1.46. The first-order valence-electron chi connectivity index (χ1n) is 3.66. The number of nitrogens with one attached hydrogen (secondary N) is 1. The summed E-state index contributed by atoms with van der Waals surface area (Å²) in [5.41, 5.74) is 0. The molecule has 0 unspecified atom stereocenters. The van der Waals surface area contributed by atoms with Crippen molar-refractivity contribution in [3.05, 3.63) is 0 Å². The molecule has 0 aliphatic heterocycles. The van der Waals surface area contributed by atoms with Gasteiger partial charge in [-0.05, 0) is 25.1 Å². The van der Waals surface area contributed by atoms with Crippen molar-refractivity contribution < 1.29 is 4.79 Å². The number of isothiocyanates is 1. The zero-order chi connectivity index (χ0) is 8.10. The van der Waals surface area contributed by atoms with E-state index >= 15 is 0 Å². The number of hydrogen-bond acceptors (Lipinski definition) is 3. The summed E-state index contributed by atoms with van der Waals surface area (Å²) in [5, 5.41) is 5.07. The van der Waals surface area contributed by atoms with E-state index < -0.39 is 0 Å². The molecule has 0 aromatic rings. The third-order valence-corrected chi connectivity index (χ3v) is 1.59. The van der Waals surface area contributed by atoms with E-state index in [4.69, 9.17) is 0 Å². The van der Waals surface area contributed by atoms with Crippen molar-refractivity contribution in [3.63, 3.8) is 0 Å². The van der Waals surface area contributed by atoms with Gasteiger partial charge in [-0.3, -0.25) is 4.79 Å². The van der Waals surface area contributed by atoms with E-state index in [1.54, 1.807) is 0 Å². The number of hydrogen-bond donors (Lipinski definition) is 1. The van der Waals surface area contributed by atoms with E-state index in [1.165, 1.54) is 0 Å². The lowest BCUT2D eigenvalue weighted by Gasteiger charge is -1.98. The summed E-state index contributed by atoms with van der Waals surface area (Å²) < 4.78 is 0. The number of thiocarbonyl (C=S) groups is 1. The third kappa shape index (κ3) is 3.86. The van der Waals surface area contributed by atoms with Gasteiger partial charge in [0.05, 0.1) is 11.7 Å². The Morgan fingerprint density at radius 2 is 2.45 bits per heavy atom. The first kappa shape index (κ1) is 8.37. The Morgan fingerprint density at radius 3 is 3.00 bits per heavy atom. The van der Waals surface area contributed by atoms with Crippen LogP contribution in [0.4, 0.5) is 0 Å². The van der Waals surface area contributed by atoms with Crippen molar-refractivity contribution in [2.45, 2.75) is 25.3 Å². The number of aliphatic imine (C=N–C) groups is 1. The summed E-state index contributed by atoms with van der Waals surface area (Å²) >= 11 is 4.36. The minimum atomic E-state index is 0.0708. The Morgan fingerprint density at radius 1 is 1.73 bits per heavy atom. The number of carbonyl (C=O) groups excluding carboxylic acids is 1. The van der Waals surface area contributed by atoms with Gasteiger partial charge in [0.15, 0.2) is 0 Å². The van der Waals surface area contributed by atoms with E-state index in [2.05, 4.69) is 27.7 Å². The van der Waals surface area contributed by atoms with Crippen LogP contribution in [-0.4, -0.2) is 23.7 Å². The number of nitrogens with zero attached hydrogens (tertiary/aromatic N) is 1. The van der Waals surface area contributed by atoms with E-state index in [0.29, 0.717) is 19.0 Å². The summed E-state index contributed by atoms with van der Waals surface area (Å²) in [5.74, 6) is 0.0708. The average Bonchev–Trinajstić information content (AvgIpc) is 2.72. The summed E-state index contributed by atoms with van der Waals surface area (Å²) in [6.45, 7) is 0.460. The molecule has 0 bridgehead atoms. The van der Waals surface area contributed by atoms with Crippen LogP contribution < -0.4 is 5.32 Å². The molecular weight excluding hydrogens is 160 g/mol. The van der Waals surface area contributed by atoms with Gasteiger partial charge in [0.2, 0.25) is 5.91 Å². The van der Waals surface area contributed by atoms with Crippen molar-refractivity contribution >= 4 is 23.3 Å². The average molecular weight is 170 g/mol. The Hall–Kier alpha value is -0.730. The van der Waals surface area contributed by atoms with Gasteiger partial charge in [-0.25, -0.2) is 4.99 Å². The van der Waals surface area contributed by atoms with E-state index in [9.17, 15) is 4.79 Å². The highest BCUT2D eigenvalue weighted by Crippen LogP contribution is 2.18. The van der Waals surface area contributed by atoms with Crippen LogP contribution in [0.1, 0.15) is 19.3 Å². The number of rotatable bonds is 4. The molecule has 1 N–H and O–H groups in total. The molecule has 0 aromatic carbocycles. The summed E-state index contributed by atoms with van der Waals surface area (Å²) in [6.07, 6.45) is 2.68. The number of carbonyl (C=O) groups is 1. The summed E-state index contributed by atoms with van der Waals surface area (Å²) in [7, 11) is 0. The Balaban J connectivity index is 2.04. The van der Waals surface area contributed by atoms with E-state index in [0.717, 1.165) is 12.8 Å². The maximum atomic E-state index is 10.9. The smallest absolute Gasteiger partial charge is 0.222 e. The Kier molecular flexibility index (Phi) is 3.20. The fraction of sp³-hybridized carbons (Fsp3) is 0.714. The van der Waals surface area contributed by atoms with Gasteiger partial charge in [0.25, 0.3) is 0 Å². The molecule has 1 fully saturated rings. The Bertz CT molecular complexity index is 195. The van der Waals surface area contributed by atoms with Crippen molar-refractivity contribution in [2.75, 3.05) is 6.54 Å². The molecule has 0 aromatic heterocycles. The highest BCUT2D eigenvalue weighted by Gasteiger charge is 2.22. The molecule has 3 nitrogen and oxygen atoms in total. The zero-order valence-electron chi connectivity index (χ0n) is 6.17. The van der Waals surface area contributed by atoms with Gasteiger partial charge < -0.3 is 5.32 Å². The first-order chi connectivity index (χ1) is 5.33. The molecule has 0 radical (unpaired) electrons. The topological polar surface area (TPSA) is 41.5 Å². The van der Waals surface area contributed by atoms with E-state index in [-0.39, 0.29) is 5.91 Å². The summed E-state index contributed by atoms with van der Waals surface area (Å²) in [4.78, 5) is 14.6. The molecule has 1 amide bonds. The van der Waals surface area contributed by atoms with Gasteiger partial charge in [-0.2, -0.15) is 0 Å². The van der Waals surface area contributed by atoms with Gasteiger partial charge in [0, 0.05) is 12.5 Å². The molecule has 4 heteroatoms. The van der Waals surface area contributed by atoms with Crippen LogP contribution in [0, 0.1) is 0 Å². The SMILES string of the molecule is O=C(CCN=C=S)NC1CC1. The van der Waals surface area contributed by atoms with Crippen molar-refractivity contribution in [3.8, 4) is 0 Å². The second-order valence-corrected chi connectivity index (χ2v) is 2.75. The van der Waals surface area contributed by atoms with Crippen LogP contribution in [0.2, 0.25) is 0 Å². The highest BCUT2D eigenvalue weighted by atomic mass is 32.1. The fourth-order valence-electron chi connectivity index (χ4n) is 0.731. The standard InChI is InChI=1S/C7H10N2OS/c10-7(3-4-8-5-11)9-6-1-2-6/h6H,1-4H2,(H,9,10). The molecule has 11 heavy (non-hydrogen) atoms. The molecule has 1 aliphatic carbocycles. The molecule has 0 atom stereocenters. The van der Waals surface area contributed by atoms with Gasteiger partial charge in [-0.15, -0.1) is 0 Å². The van der Waals surface area contributed by atoms with Crippen LogP contribution in [0.15, 0.2) is 4.99 Å². The first-order valence-corrected chi connectivity index (χ1v) is 4.07. The largest absolute Gasteiger partial charge is 0.353 e. The molecular formula is C7H10N2OS. The zero-order valence-corrected chi connectivity index (χ0v) is 6.99. The maximum absolute atomic E-state index is 10.9. The van der Waals surface area contributed by atoms with Crippen LogP contribution >= 0.6 is 12.2 Å². The van der Waals surface area contributed by atoms with Crippen molar-refractivity contribution in [1.82, 2.24) is 5.32 Å². The van der Waals surface area contributed by atoms with Gasteiger partial charge in [-0.1, -0.05) is 0 Å². The molecule has 0 saturated heterocycles. The molecule has 60 valence electrons. The monoisotopic (exact) mass is 170 g/mol. The lowest BCUT2D eigenvalue weighted by molar-refractivity contribution is -0.121. The van der Waals surface area contributed by atoms with Gasteiger partial charge >= 0.3 is 0 Å². The predicted octanol–water partition coefficient (Wildman–Crippen LogP) is 0.758. The maximum Gasteiger partial charge on any atom is 0.222 e. The molecule has 1 saturated carbocycles. The second kappa shape index (κ2) is 4.21. The normalized spacial score (nSPS) is 15.3. The Labute approximate surface area is 70.9 Å². The second-order valence-electron chi connectivity index (χ2n) is 2.56. The highest BCUT2D eigenvalue weighted by molar-refractivity contribution is 7.78. The molecule has 1 aliphatic rings. The quantitative estimate of drug-likeness (QED) is 0.500. The predicted molar refractivity (Wildman–Crippen MR) is 45.7 cm³/mol. The summed E-state index contributed by atoms with van der Waals surface area (Å²) in [6, 6.07) is 0.443. The van der Waals surface area contributed by atoms with E-state index in [1.807, 2.05) is 0 Å². The van der Waals surface area contributed by atoms with Crippen molar-refractivity contribution in [1.29, 1.82) is 0 Å². The number of amides is 1. The van der Waals surface area contributed by atoms with Crippen LogP contribution in [-0.2, 0) is 4.79 Å². The fourth-order valence-corrected chi connectivity index (χ4v) is 0.822. The molecule has 0 spiro atoms. The minimum Gasteiger partial charge on any atom is -0.353 e. The lowest BCUT2D eigenvalue weighted by atomic mass is 10.4. The van der Waals surface area contributed by atoms with Crippen molar-refractivity contribution in [2.24, 2.45) is 4.99 Å². The van der Waals surface area contributed by atoms with Crippen LogP contribution in [0.3, 0.4) is 0 Å².